The standard InChI is InChI=1S/C14H18N2O/c1-16-9-10(8-15-11-6-12(17)7-11)13-4-2-3-5-14(13)16/h2-5,9,11-12,15,17H,6-8H2,1H3. The predicted molar refractivity (Wildman–Crippen MR) is 68.8 cm³/mol. The largest absolute Gasteiger partial charge is 0.393 e. The highest BCUT2D eigenvalue weighted by molar-refractivity contribution is 5.83. The molecule has 0 saturated heterocycles. The van der Waals surface area contributed by atoms with Crippen LogP contribution in [-0.2, 0) is 13.6 Å². The van der Waals surface area contributed by atoms with Crippen LogP contribution in [0.3, 0.4) is 0 Å². The molecule has 0 radical (unpaired) electrons. The molecule has 1 heterocycles. The Kier molecular flexibility index (Phi) is 2.65. The molecule has 0 aliphatic heterocycles. The number of nitrogens with one attached hydrogen (secondary N) is 1. The fraction of sp³-hybridized carbons (Fsp3) is 0.429. The number of aromatic nitrogens is 1. The van der Waals surface area contributed by atoms with E-state index in [0.29, 0.717) is 6.04 Å². The van der Waals surface area contributed by atoms with Gasteiger partial charge in [-0.05, 0) is 24.5 Å². The van der Waals surface area contributed by atoms with Crippen molar-refractivity contribution in [3.8, 4) is 0 Å². The predicted octanol–water partition coefficient (Wildman–Crippen LogP) is 1.79. The van der Waals surface area contributed by atoms with Crippen LogP contribution in [0, 0.1) is 0 Å². The smallest absolute Gasteiger partial charge is 0.0570 e. The van der Waals surface area contributed by atoms with Crippen molar-refractivity contribution in [1.82, 2.24) is 9.88 Å². The number of aryl methyl sites for hydroxylation is 1. The Morgan fingerprint density at radius 1 is 1.35 bits per heavy atom. The Hall–Kier alpha value is -1.32. The molecular weight excluding hydrogens is 212 g/mol. The van der Waals surface area contributed by atoms with Gasteiger partial charge in [0.1, 0.15) is 0 Å². The molecule has 1 fully saturated rings. The van der Waals surface area contributed by atoms with E-state index in [-0.39, 0.29) is 6.10 Å². The molecule has 0 bridgehead atoms. The maximum Gasteiger partial charge on any atom is 0.0570 e. The lowest BCUT2D eigenvalue weighted by molar-refractivity contribution is 0.0620. The monoisotopic (exact) mass is 230 g/mol. The highest BCUT2D eigenvalue weighted by Gasteiger charge is 2.26. The first-order chi connectivity index (χ1) is 8.24. The molecule has 3 rings (SSSR count). The second-order valence-corrected chi connectivity index (χ2v) is 4.99. The minimum atomic E-state index is -0.0833. The number of fused-ring (bicyclic) bond motifs is 1. The highest BCUT2D eigenvalue weighted by atomic mass is 16.3. The van der Waals surface area contributed by atoms with Crippen LogP contribution >= 0.6 is 0 Å². The second kappa shape index (κ2) is 4.17. The molecule has 17 heavy (non-hydrogen) atoms. The van der Waals surface area contributed by atoms with Crippen molar-refractivity contribution in [3.63, 3.8) is 0 Å². The first kappa shape index (κ1) is 10.8. The molecular formula is C14H18N2O. The van der Waals surface area contributed by atoms with Gasteiger partial charge in [0.15, 0.2) is 0 Å². The Morgan fingerprint density at radius 3 is 2.88 bits per heavy atom. The molecule has 3 heteroatoms. The zero-order chi connectivity index (χ0) is 11.8. The fourth-order valence-electron chi connectivity index (χ4n) is 2.58. The summed E-state index contributed by atoms with van der Waals surface area (Å²) in [6.07, 6.45) is 3.89. The highest BCUT2D eigenvalue weighted by Crippen LogP contribution is 2.23. The molecule has 1 saturated carbocycles. The van der Waals surface area contributed by atoms with E-state index in [4.69, 9.17) is 0 Å². The van der Waals surface area contributed by atoms with Crippen molar-refractivity contribution < 1.29 is 5.11 Å². The lowest BCUT2D eigenvalue weighted by Crippen LogP contribution is -2.43. The Labute approximate surface area is 101 Å². The summed E-state index contributed by atoms with van der Waals surface area (Å²) in [6.45, 7) is 0.888. The number of benzene rings is 1. The van der Waals surface area contributed by atoms with Gasteiger partial charge in [-0.25, -0.2) is 0 Å². The SMILES string of the molecule is Cn1cc(CNC2CC(O)C2)c2ccccc21. The van der Waals surface area contributed by atoms with Crippen molar-refractivity contribution in [3.05, 3.63) is 36.0 Å². The van der Waals surface area contributed by atoms with Gasteiger partial charge in [0.25, 0.3) is 0 Å². The summed E-state index contributed by atoms with van der Waals surface area (Å²) in [7, 11) is 2.08. The van der Waals surface area contributed by atoms with Crippen molar-refractivity contribution in [2.75, 3.05) is 0 Å². The lowest BCUT2D eigenvalue weighted by atomic mass is 9.89. The van der Waals surface area contributed by atoms with Crippen LogP contribution in [0.25, 0.3) is 10.9 Å². The molecule has 0 atom stereocenters. The van der Waals surface area contributed by atoms with Gasteiger partial charge in [-0.2, -0.15) is 0 Å². The quantitative estimate of drug-likeness (QED) is 0.843. The topological polar surface area (TPSA) is 37.2 Å². The number of aliphatic hydroxyl groups excluding tert-OH is 1. The number of rotatable bonds is 3. The normalized spacial score (nSPS) is 23.9. The van der Waals surface area contributed by atoms with E-state index in [2.05, 4.69) is 47.4 Å². The maximum absolute atomic E-state index is 9.25. The van der Waals surface area contributed by atoms with Crippen LogP contribution < -0.4 is 5.32 Å². The number of hydrogen-bond donors (Lipinski definition) is 2. The average molecular weight is 230 g/mol. The van der Waals surface area contributed by atoms with Crippen LogP contribution in [0.2, 0.25) is 0 Å². The summed E-state index contributed by atoms with van der Waals surface area (Å²) < 4.78 is 2.17. The third-order valence-electron chi connectivity index (χ3n) is 3.67. The summed E-state index contributed by atoms with van der Waals surface area (Å²) in [5, 5.41) is 14.1. The molecule has 3 nitrogen and oxygen atoms in total. The molecule has 2 aromatic rings. The first-order valence-corrected chi connectivity index (χ1v) is 6.18. The zero-order valence-electron chi connectivity index (χ0n) is 10.1. The van der Waals surface area contributed by atoms with Crippen LogP contribution in [0.1, 0.15) is 18.4 Å². The number of aliphatic hydroxyl groups is 1. The summed E-state index contributed by atoms with van der Waals surface area (Å²) in [5.41, 5.74) is 2.61. The van der Waals surface area contributed by atoms with Crippen LogP contribution in [0.15, 0.2) is 30.5 Å². The summed E-state index contributed by atoms with van der Waals surface area (Å²) in [5.74, 6) is 0. The van der Waals surface area contributed by atoms with E-state index < -0.39 is 0 Å². The van der Waals surface area contributed by atoms with Gasteiger partial charge in [-0.3, -0.25) is 0 Å². The van der Waals surface area contributed by atoms with E-state index in [1.165, 1.54) is 16.5 Å². The number of nitrogens with zero attached hydrogens (tertiary/aromatic N) is 1. The molecule has 0 spiro atoms. The maximum atomic E-state index is 9.25. The Bertz CT molecular complexity index is 526. The van der Waals surface area contributed by atoms with Crippen molar-refractivity contribution >= 4 is 10.9 Å². The minimum absolute atomic E-state index is 0.0833. The van der Waals surface area contributed by atoms with E-state index in [1.54, 1.807) is 0 Å². The molecule has 1 aromatic carbocycles. The van der Waals surface area contributed by atoms with E-state index >= 15 is 0 Å². The molecule has 90 valence electrons. The molecule has 1 aromatic heterocycles. The first-order valence-electron chi connectivity index (χ1n) is 6.18. The summed E-state index contributed by atoms with van der Waals surface area (Å²) >= 11 is 0. The van der Waals surface area contributed by atoms with E-state index in [1.807, 2.05) is 0 Å². The van der Waals surface area contributed by atoms with Gasteiger partial charge in [0.05, 0.1) is 6.10 Å². The average Bonchev–Trinajstić information content (AvgIpc) is 2.61. The van der Waals surface area contributed by atoms with Gasteiger partial charge < -0.3 is 15.0 Å². The van der Waals surface area contributed by atoms with E-state index in [9.17, 15) is 5.11 Å². The van der Waals surface area contributed by atoms with Crippen molar-refractivity contribution in [2.45, 2.75) is 31.5 Å². The fourth-order valence-corrected chi connectivity index (χ4v) is 2.58. The lowest BCUT2D eigenvalue weighted by Gasteiger charge is -2.32. The van der Waals surface area contributed by atoms with Crippen molar-refractivity contribution in [1.29, 1.82) is 0 Å². The molecule has 1 aliphatic carbocycles. The third kappa shape index (κ3) is 1.96. The second-order valence-electron chi connectivity index (χ2n) is 4.99. The zero-order valence-corrected chi connectivity index (χ0v) is 10.1. The molecule has 1 aliphatic rings. The minimum Gasteiger partial charge on any atom is -0.393 e. The molecule has 0 unspecified atom stereocenters. The van der Waals surface area contributed by atoms with Gasteiger partial charge >= 0.3 is 0 Å². The van der Waals surface area contributed by atoms with Gasteiger partial charge in [-0.1, -0.05) is 18.2 Å². The van der Waals surface area contributed by atoms with E-state index in [0.717, 1.165) is 19.4 Å². The summed E-state index contributed by atoms with van der Waals surface area (Å²) in [6, 6.07) is 8.96. The van der Waals surface area contributed by atoms with Crippen LogP contribution in [0.4, 0.5) is 0 Å². The molecule has 2 N–H and O–H groups in total. The van der Waals surface area contributed by atoms with Crippen LogP contribution in [0.5, 0.6) is 0 Å². The van der Waals surface area contributed by atoms with Gasteiger partial charge in [0.2, 0.25) is 0 Å². The third-order valence-corrected chi connectivity index (χ3v) is 3.67. The Balaban J connectivity index is 1.76. The van der Waals surface area contributed by atoms with Crippen LogP contribution in [-0.4, -0.2) is 21.8 Å². The van der Waals surface area contributed by atoms with Crippen molar-refractivity contribution in [2.24, 2.45) is 7.05 Å². The van der Waals surface area contributed by atoms with Gasteiger partial charge in [-0.15, -0.1) is 0 Å². The number of hydrogen-bond acceptors (Lipinski definition) is 2. The van der Waals surface area contributed by atoms with Gasteiger partial charge in [0, 0.05) is 36.7 Å². The Morgan fingerprint density at radius 2 is 2.12 bits per heavy atom. The number of para-hydroxylation sites is 1. The molecule has 0 amide bonds. The summed E-state index contributed by atoms with van der Waals surface area (Å²) in [4.78, 5) is 0.